The highest BCUT2D eigenvalue weighted by molar-refractivity contribution is 7.89. The van der Waals surface area contributed by atoms with Gasteiger partial charge in [0.15, 0.2) is 0 Å². The van der Waals surface area contributed by atoms with Gasteiger partial charge >= 0.3 is 0 Å². The van der Waals surface area contributed by atoms with Crippen molar-refractivity contribution >= 4 is 15.9 Å². The van der Waals surface area contributed by atoms with Crippen LogP contribution in [0.2, 0.25) is 0 Å². The first-order chi connectivity index (χ1) is 14.5. The molecule has 162 valence electrons. The molecule has 0 saturated carbocycles. The first-order valence-corrected chi connectivity index (χ1v) is 11.0. The van der Waals surface area contributed by atoms with Gasteiger partial charge in [-0.05, 0) is 17.7 Å². The summed E-state index contributed by atoms with van der Waals surface area (Å²) in [4.78, 5) is 14.1. The number of methoxy groups -OCH3 is 2. The zero-order valence-corrected chi connectivity index (χ0v) is 17.9. The number of piperazine rings is 1. The lowest BCUT2D eigenvalue weighted by molar-refractivity contribution is -0.137. The fourth-order valence-electron chi connectivity index (χ4n) is 3.22. The third-order valence-electron chi connectivity index (χ3n) is 4.92. The highest BCUT2D eigenvalue weighted by Crippen LogP contribution is 2.31. The van der Waals surface area contributed by atoms with Gasteiger partial charge in [0.1, 0.15) is 23.0 Å². The molecule has 9 heteroatoms. The number of sulfonamides is 1. The maximum absolute atomic E-state index is 13.1. The molecule has 2 aromatic carbocycles. The van der Waals surface area contributed by atoms with Gasteiger partial charge in [0.25, 0.3) is 0 Å². The van der Waals surface area contributed by atoms with Crippen LogP contribution in [0.5, 0.6) is 11.5 Å². The Morgan fingerprint density at radius 2 is 1.67 bits per heavy atom. The van der Waals surface area contributed by atoms with Gasteiger partial charge in [-0.2, -0.15) is 4.31 Å². The van der Waals surface area contributed by atoms with E-state index in [0.717, 1.165) is 5.56 Å². The maximum Gasteiger partial charge on any atom is 0.248 e. The van der Waals surface area contributed by atoms with Crippen LogP contribution in [0, 0.1) is 0 Å². The van der Waals surface area contributed by atoms with E-state index in [1.54, 1.807) is 17.0 Å². The van der Waals surface area contributed by atoms with Gasteiger partial charge in [-0.25, -0.2) is 8.42 Å². The highest BCUT2D eigenvalue weighted by Gasteiger charge is 2.32. The standard InChI is InChI=1S/C21H26N2O6S/c1-27-18-8-9-19(28-2)20(14-18)30(25,26)23-12-10-22(11-13-23)21(24)16-29-15-17-6-4-3-5-7-17/h3-9,14H,10-13,15-16H2,1-2H3. The van der Waals surface area contributed by atoms with E-state index in [4.69, 9.17) is 14.2 Å². The average Bonchev–Trinajstić information content (AvgIpc) is 2.79. The Balaban J connectivity index is 1.57. The van der Waals surface area contributed by atoms with Crippen molar-refractivity contribution in [2.75, 3.05) is 47.0 Å². The van der Waals surface area contributed by atoms with Gasteiger partial charge in [-0.15, -0.1) is 0 Å². The van der Waals surface area contributed by atoms with Crippen molar-refractivity contribution in [1.82, 2.24) is 9.21 Å². The normalized spacial score (nSPS) is 15.1. The van der Waals surface area contributed by atoms with Crippen LogP contribution in [-0.4, -0.2) is 70.5 Å². The second kappa shape index (κ2) is 9.92. The Kier molecular flexibility index (Phi) is 7.30. The van der Waals surface area contributed by atoms with Crippen LogP contribution in [0.25, 0.3) is 0 Å². The van der Waals surface area contributed by atoms with Gasteiger partial charge in [0, 0.05) is 32.2 Å². The number of carbonyl (C=O) groups excluding carboxylic acids is 1. The third-order valence-corrected chi connectivity index (χ3v) is 6.84. The van der Waals surface area contributed by atoms with Crippen LogP contribution in [-0.2, 0) is 26.2 Å². The summed E-state index contributed by atoms with van der Waals surface area (Å²) in [5, 5.41) is 0. The zero-order chi connectivity index (χ0) is 21.6. The van der Waals surface area contributed by atoms with Gasteiger partial charge in [0.05, 0.1) is 20.8 Å². The third kappa shape index (κ3) is 5.10. The molecule has 2 aromatic rings. The molecule has 0 N–H and O–H groups in total. The van der Waals surface area contributed by atoms with Crippen molar-refractivity contribution in [3.8, 4) is 11.5 Å². The Hall–Kier alpha value is -2.62. The van der Waals surface area contributed by atoms with Crippen molar-refractivity contribution in [2.24, 2.45) is 0 Å². The van der Waals surface area contributed by atoms with E-state index in [2.05, 4.69) is 0 Å². The largest absolute Gasteiger partial charge is 0.497 e. The number of carbonyl (C=O) groups is 1. The Morgan fingerprint density at radius 3 is 2.30 bits per heavy atom. The number of hydrogen-bond donors (Lipinski definition) is 0. The van der Waals surface area contributed by atoms with Gasteiger partial charge < -0.3 is 19.1 Å². The van der Waals surface area contributed by atoms with Gasteiger partial charge in [-0.1, -0.05) is 30.3 Å². The Bertz CT molecular complexity index is 957. The Labute approximate surface area is 177 Å². The van der Waals surface area contributed by atoms with Crippen LogP contribution < -0.4 is 9.47 Å². The summed E-state index contributed by atoms with van der Waals surface area (Å²) in [7, 11) is -0.882. The molecule has 1 saturated heterocycles. The van der Waals surface area contributed by atoms with Crippen LogP contribution >= 0.6 is 0 Å². The molecule has 1 aliphatic rings. The molecule has 0 radical (unpaired) electrons. The van der Waals surface area contributed by atoms with Crippen molar-refractivity contribution < 1.29 is 27.4 Å². The minimum Gasteiger partial charge on any atom is -0.497 e. The Morgan fingerprint density at radius 1 is 0.967 bits per heavy atom. The minimum absolute atomic E-state index is 0.0364. The fraction of sp³-hybridized carbons (Fsp3) is 0.381. The smallest absolute Gasteiger partial charge is 0.248 e. The van der Waals surface area contributed by atoms with Crippen LogP contribution in [0.3, 0.4) is 0 Å². The van der Waals surface area contributed by atoms with Crippen LogP contribution in [0.1, 0.15) is 5.56 Å². The van der Waals surface area contributed by atoms with E-state index in [-0.39, 0.29) is 36.2 Å². The number of nitrogens with zero attached hydrogens (tertiary/aromatic N) is 2. The summed E-state index contributed by atoms with van der Waals surface area (Å²) in [5.41, 5.74) is 0.994. The van der Waals surface area contributed by atoms with E-state index in [1.807, 2.05) is 30.3 Å². The van der Waals surface area contributed by atoms with Crippen molar-refractivity contribution in [3.63, 3.8) is 0 Å². The molecule has 8 nitrogen and oxygen atoms in total. The summed E-state index contributed by atoms with van der Waals surface area (Å²) in [6, 6.07) is 14.3. The molecule has 1 fully saturated rings. The lowest BCUT2D eigenvalue weighted by Crippen LogP contribution is -2.51. The van der Waals surface area contributed by atoms with Crippen molar-refractivity contribution in [2.45, 2.75) is 11.5 Å². The predicted molar refractivity (Wildman–Crippen MR) is 111 cm³/mol. The molecule has 0 spiro atoms. The fourth-order valence-corrected chi connectivity index (χ4v) is 4.82. The van der Waals surface area contributed by atoms with E-state index < -0.39 is 10.0 Å². The molecule has 1 amide bonds. The first-order valence-electron chi connectivity index (χ1n) is 9.57. The number of amides is 1. The van der Waals surface area contributed by atoms with Crippen molar-refractivity contribution in [3.05, 3.63) is 54.1 Å². The van der Waals surface area contributed by atoms with Gasteiger partial charge in [0.2, 0.25) is 15.9 Å². The summed E-state index contributed by atoms with van der Waals surface area (Å²) >= 11 is 0. The van der Waals surface area contributed by atoms with E-state index in [0.29, 0.717) is 25.4 Å². The molecule has 0 aromatic heterocycles. The molecule has 0 bridgehead atoms. The summed E-state index contributed by atoms with van der Waals surface area (Å²) in [6.07, 6.45) is 0. The molecule has 0 aliphatic carbocycles. The summed E-state index contributed by atoms with van der Waals surface area (Å²) in [6.45, 7) is 1.33. The molecule has 3 rings (SSSR count). The molecular weight excluding hydrogens is 408 g/mol. The second-order valence-corrected chi connectivity index (χ2v) is 8.69. The topological polar surface area (TPSA) is 85.4 Å². The second-order valence-electron chi connectivity index (χ2n) is 6.78. The average molecular weight is 435 g/mol. The van der Waals surface area contributed by atoms with Crippen LogP contribution in [0.4, 0.5) is 0 Å². The summed E-state index contributed by atoms with van der Waals surface area (Å²) < 4.78 is 43.4. The molecule has 30 heavy (non-hydrogen) atoms. The van der Waals surface area contributed by atoms with Crippen molar-refractivity contribution in [1.29, 1.82) is 0 Å². The number of benzene rings is 2. The number of ether oxygens (including phenoxy) is 3. The zero-order valence-electron chi connectivity index (χ0n) is 17.1. The first kappa shape index (κ1) is 22.1. The monoisotopic (exact) mass is 434 g/mol. The molecule has 1 aliphatic heterocycles. The molecule has 0 atom stereocenters. The quantitative estimate of drug-likeness (QED) is 0.629. The highest BCUT2D eigenvalue weighted by atomic mass is 32.2. The molecular formula is C21H26N2O6S. The summed E-state index contributed by atoms with van der Waals surface area (Å²) in [5.74, 6) is 0.532. The maximum atomic E-state index is 13.1. The van der Waals surface area contributed by atoms with E-state index >= 15 is 0 Å². The number of hydrogen-bond acceptors (Lipinski definition) is 6. The molecule has 0 unspecified atom stereocenters. The lowest BCUT2D eigenvalue weighted by Gasteiger charge is -2.34. The lowest BCUT2D eigenvalue weighted by atomic mass is 10.2. The van der Waals surface area contributed by atoms with E-state index in [1.165, 1.54) is 24.6 Å². The van der Waals surface area contributed by atoms with Gasteiger partial charge in [-0.3, -0.25) is 4.79 Å². The minimum atomic E-state index is -3.78. The van der Waals surface area contributed by atoms with E-state index in [9.17, 15) is 13.2 Å². The number of rotatable bonds is 8. The molecule has 1 heterocycles. The van der Waals surface area contributed by atoms with Crippen LogP contribution in [0.15, 0.2) is 53.4 Å². The SMILES string of the molecule is COc1ccc(OC)c(S(=O)(=O)N2CCN(C(=O)COCc3ccccc3)CC2)c1. The predicted octanol–water partition coefficient (Wildman–Crippen LogP) is 1.75.